The minimum absolute atomic E-state index is 0.0300. The molecule has 0 bridgehead atoms. The lowest BCUT2D eigenvalue weighted by Gasteiger charge is -2.26. The number of hydrogen-bond donors (Lipinski definition) is 2. The maximum absolute atomic E-state index is 12.0. The maximum Gasteiger partial charge on any atom is 0.242 e. The van der Waals surface area contributed by atoms with E-state index in [1.807, 2.05) is 6.92 Å². The van der Waals surface area contributed by atoms with Crippen LogP contribution in [0.2, 0.25) is 0 Å². The fourth-order valence-corrected chi connectivity index (χ4v) is 2.20. The van der Waals surface area contributed by atoms with Crippen LogP contribution in [0.4, 0.5) is 0 Å². The predicted octanol–water partition coefficient (Wildman–Crippen LogP) is 0.631. The Kier molecular flexibility index (Phi) is 6.12. The van der Waals surface area contributed by atoms with Crippen molar-refractivity contribution < 1.29 is 9.59 Å². The number of unbranched alkanes of at least 4 members (excludes halogenated alkanes) is 1. The van der Waals surface area contributed by atoms with Gasteiger partial charge in [-0.25, -0.2) is 0 Å². The van der Waals surface area contributed by atoms with Crippen LogP contribution in [-0.4, -0.2) is 41.9 Å². The third-order valence-corrected chi connectivity index (χ3v) is 3.43. The van der Waals surface area contributed by atoms with Crippen LogP contribution in [0.15, 0.2) is 0 Å². The van der Waals surface area contributed by atoms with Crippen molar-refractivity contribution in [2.75, 3.05) is 13.1 Å². The van der Waals surface area contributed by atoms with Crippen LogP contribution in [0, 0.1) is 0 Å². The number of nitrogens with one attached hydrogen (secondary N) is 1. The molecule has 5 nitrogen and oxygen atoms in total. The van der Waals surface area contributed by atoms with Gasteiger partial charge in [0.15, 0.2) is 0 Å². The summed E-state index contributed by atoms with van der Waals surface area (Å²) >= 11 is 0. The Morgan fingerprint density at radius 2 is 2.17 bits per heavy atom. The highest BCUT2D eigenvalue weighted by atomic mass is 16.2. The van der Waals surface area contributed by atoms with Crippen LogP contribution in [-0.2, 0) is 9.59 Å². The van der Waals surface area contributed by atoms with E-state index in [-0.39, 0.29) is 17.9 Å². The monoisotopic (exact) mass is 255 g/mol. The highest BCUT2D eigenvalue weighted by Gasteiger charge is 2.35. The molecule has 5 heteroatoms. The highest BCUT2D eigenvalue weighted by Crippen LogP contribution is 2.18. The Balaban J connectivity index is 2.53. The molecule has 0 aromatic carbocycles. The fraction of sp³-hybridized carbons (Fsp3) is 0.846. The van der Waals surface area contributed by atoms with E-state index in [1.165, 1.54) is 0 Å². The van der Waals surface area contributed by atoms with Gasteiger partial charge < -0.3 is 16.0 Å². The number of amides is 2. The Hall–Kier alpha value is -1.10. The first-order valence-electron chi connectivity index (χ1n) is 6.95. The number of likely N-dealkylation sites (tertiary alicyclic amines) is 1. The molecule has 0 aromatic rings. The fourth-order valence-electron chi connectivity index (χ4n) is 2.20. The summed E-state index contributed by atoms with van der Waals surface area (Å²) < 4.78 is 0. The van der Waals surface area contributed by atoms with Crippen LogP contribution in [0.5, 0.6) is 0 Å². The summed E-state index contributed by atoms with van der Waals surface area (Å²) in [5, 5.41) is 2.89. The van der Waals surface area contributed by atoms with Crippen molar-refractivity contribution in [1.29, 1.82) is 0 Å². The average molecular weight is 255 g/mol. The van der Waals surface area contributed by atoms with Crippen LogP contribution in [0.25, 0.3) is 0 Å². The molecule has 0 aromatic heterocycles. The zero-order chi connectivity index (χ0) is 13.5. The third kappa shape index (κ3) is 3.70. The summed E-state index contributed by atoms with van der Waals surface area (Å²) in [6.07, 6.45) is 4.27. The lowest BCUT2D eigenvalue weighted by Crippen LogP contribution is -2.51. The second kappa shape index (κ2) is 7.36. The van der Waals surface area contributed by atoms with Crippen molar-refractivity contribution in [2.24, 2.45) is 5.73 Å². The van der Waals surface area contributed by atoms with Gasteiger partial charge in [0.05, 0.1) is 6.04 Å². The van der Waals surface area contributed by atoms with E-state index < -0.39 is 6.04 Å². The predicted molar refractivity (Wildman–Crippen MR) is 70.9 cm³/mol. The average Bonchev–Trinajstić information content (AvgIpc) is 2.86. The summed E-state index contributed by atoms with van der Waals surface area (Å²) in [5.41, 5.74) is 5.76. The molecule has 1 aliphatic heterocycles. The SMILES string of the molecule is CCCCNC(=O)[C@@H]1CCCN1C(=O)C(N)CC. The van der Waals surface area contributed by atoms with E-state index in [2.05, 4.69) is 12.2 Å². The van der Waals surface area contributed by atoms with Gasteiger partial charge in [0, 0.05) is 13.1 Å². The Morgan fingerprint density at radius 3 is 2.78 bits per heavy atom. The Morgan fingerprint density at radius 1 is 1.44 bits per heavy atom. The second-order valence-electron chi connectivity index (χ2n) is 4.85. The van der Waals surface area contributed by atoms with Gasteiger partial charge in [-0.2, -0.15) is 0 Å². The molecule has 0 spiro atoms. The first-order chi connectivity index (χ1) is 8.61. The van der Waals surface area contributed by atoms with E-state index in [9.17, 15) is 9.59 Å². The van der Waals surface area contributed by atoms with Gasteiger partial charge in [0.1, 0.15) is 6.04 Å². The topological polar surface area (TPSA) is 75.4 Å². The van der Waals surface area contributed by atoms with Crippen molar-refractivity contribution in [1.82, 2.24) is 10.2 Å². The molecule has 0 radical (unpaired) electrons. The Bertz CT molecular complexity index is 294. The molecule has 2 atom stereocenters. The van der Waals surface area contributed by atoms with Gasteiger partial charge in [-0.3, -0.25) is 9.59 Å². The van der Waals surface area contributed by atoms with E-state index >= 15 is 0 Å². The van der Waals surface area contributed by atoms with Crippen LogP contribution >= 0.6 is 0 Å². The molecule has 1 saturated heterocycles. The molecule has 3 N–H and O–H groups in total. The number of hydrogen-bond acceptors (Lipinski definition) is 3. The number of nitrogens with zero attached hydrogens (tertiary/aromatic N) is 1. The van der Waals surface area contributed by atoms with Gasteiger partial charge in [0.2, 0.25) is 11.8 Å². The highest BCUT2D eigenvalue weighted by molar-refractivity contribution is 5.90. The molecule has 104 valence electrons. The normalized spacial score (nSPS) is 20.8. The summed E-state index contributed by atoms with van der Waals surface area (Å²) in [4.78, 5) is 25.7. The summed E-state index contributed by atoms with van der Waals surface area (Å²) in [5.74, 6) is -0.122. The standard InChI is InChI=1S/C13H25N3O2/c1-3-5-8-15-12(17)11-7-6-9-16(11)13(18)10(14)4-2/h10-11H,3-9,14H2,1-2H3,(H,15,17)/t10?,11-/m0/s1. The summed E-state index contributed by atoms with van der Waals surface area (Å²) in [7, 11) is 0. The molecule has 1 heterocycles. The summed E-state index contributed by atoms with van der Waals surface area (Å²) in [6, 6.07) is -0.791. The molecule has 1 rings (SSSR count). The smallest absolute Gasteiger partial charge is 0.242 e. The van der Waals surface area contributed by atoms with Gasteiger partial charge in [0.25, 0.3) is 0 Å². The van der Waals surface area contributed by atoms with Crippen LogP contribution < -0.4 is 11.1 Å². The number of carbonyl (C=O) groups is 2. The van der Waals surface area contributed by atoms with Crippen molar-refractivity contribution in [2.45, 2.75) is 58.0 Å². The van der Waals surface area contributed by atoms with Crippen molar-refractivity contribution in [3.8, 4) is 0 Å². The molecule has 0 saturated carbocycles. The molecular formula is C13H25N3O2. The lowest BCUT2D eigenvalue weighted by molar-refractivity contribution is -0.139. The third-order valence-electron chi connectivity index (χ3n) is 3.43. The van der Waals surface area contributed by atoms with Crippen LogP contribution in [0.3, 0.4) is 0 Å². The minimum Gasteiger partial charge on any atom is -0.354 e. The molecule has 1 unspecified atom stereocenters. The minimum atomic E-state index is -0.478. The van der Waals surface area contributed by atoms with Crippen molar-refractivity contribution in [3.05, 3.63) is 0 Å². The Labute approximate surface area is 109 Å². The van der Waals surface area contributed by atoms with Crippen molar-refractivity contribution >= 4 is 11.8 Å². The molecule has 2 amide bonds. The lowest BCUT2D eigenvalue weighted by atomic mass is 10.1. The quantitative estimate of drug-likeness (QED) is 0.684. The van der Waals surface area contributed by atoms with Gasteiger partial charge in [-0.05, 0) is 25.7 Å². The molecule has 0 aliphatic carbocycles. The number of carbonyl (C=O) groups excluding carboxylic acids is 2. The first kappa shape index (κ1) is 15.0. The van der Waals surface area contributed by atoms with Crippen molar-refractivity contribution in [3.63, 3.8) is 0 Å². The van der Waals surface area contributed by atoms with Gasteiger partial charge in [-0.1, -0.05) is 20.3 Å². The first-order valence-corrected chi connectivity index (χ1v) is 6.95. The van der Waals surface area contributed by atoms with E-state index in [1.54, 1.807) is 4.90 Å². The summed E-state index contributed by atoms with van der Waals surface area (Å²) in [6.45, 7) is 5.30. The zero-order valence-corrected chi connectivity index (χ0v) is 11.4. The maximum atomic E-state index is 12.0. The second-order valence-corrected chi connectivity index (χ2v) is 4.85. The van der Waals surface area contributed by atoms with E-state index in [0.29, 0.717) is 19.5 Å². The largest absolute Gasteiger partial charge is 0.354 e. The number of rotatable bonds is 6. The van der Waals surface area contributed by atoms with E-state index in [4.69, 9.17) is 5.73 Å². The number of nitrogens with two attached hydrogens (primary N) is 1. The molecule has 18 heavy (non-hydrogen) atoms. The molecular weight excluding hydrogens is 230 g/mol. The van der Waals surface area contributed by atoms with Gasteiger partial charge in [-0.15, -0.1) is 0 Å². The molecule has 1 aliphatic rings. The van der Waals surface area contributed by atoms with Gasteiger partial charge >= 0.3 is 0 Å². The van der Waals surface area contributed by atoms with Crippen LogP contribution in [0.1, 0.15) is 46.0 Å². The zero-order valence-electron chi connectivity index (χ0n) is 11.4. The molecule has 1 fully saturated rings. The van der Waals surface area contributed by atoms with E-state index in [0.717, 1.165) is 25.7 Å².